The summed E-state index contributed by atoms with van der Waals surface area (Å²) >= 11 is 0. The number of hydrogen-bond acceptors (Lipinski definition) is 2. The van der Waals surface area contributed by atoms with Gasteiger partial charge in [-0.1, -0.05) is 87.6 Å². The minimum atomic E-state index is -1.39. The minimum absolute atomic E-state index is 0.594. The summed E-state index contributed by atoms with van der Waals surface area (Å²) < 4.78 is 0. The average molecular weight is 278 g/mol. The molecule has 0 aliphatic rings. The Morgan fingerprint density at radius 2 is 1.26 bits per heavy atom. The molecule has 0 aliphatic carbocycles. The molecule has 0 saturated heterocycles. The monoisotopic (exact) mass is 278 g/mol. The van der Waals surface area contributed by atoms with Crippen LogP contribution >= 0.6 is 0 Å². The van der Waals surface area contributed by atoms with Gasteiger partial charge in [-0.15, -0.1) is 0 Å². The van der Waals surface area contributed by atoms with Crippen LogP contribution < -0.4 is 10.6 Å². The highest BCUT2D eigenvalue weighted by atomic mass is 28.3. The molecule has 4 heteroatoms. The maximum atomic E-state index is 9.19. The molecule has 0 spiro atoms. The molecule has 0 bridgehead atoms. The molecular weight excluding hydrogens is 251 g/mol. The zero-order chi connectivity index (χ0) is 14.3. The second kappa shape index (κ2) is 7.88. The topological polar surface area (TPSA) is 40.5 Å². The Hall–Kier alpha value is -0.578. The van der Waals surface area contributed by atoms with Crippen molar-refractivity contribution >= 4 is 25.8 Å². The first-order valence-corrected chi connectivity index (χ1v) is 10.2. The third-order valence-corrected chi connectivity index (χ3v) is 9.94. The van der Waals surface area contributed by atoms with Crippen LogP contribution in [-0.4, -0.2) is 25.2 Å². The first-order valence-electron chi connectivity index (χ1n) is 7.56. The summed E-state index contributed by atoms with van der Waals surface area (Å²) in [6.07, 6.45) is 3.74. The summed E-state index contributed by atoms with van der Waals surface area (Å²) in [5, 5.41) is 19.9. The van der Waals surface area contributed by atoms with Gasteiger partial charge in [0.1, 0.15) is 0 Å². The molecule has 19 heavy (non-hydrogen) atoms. The van der Waals surface area contributed by atoms with Crippen LogP contribution in [0, 0.1) is 0 Å². The third kappa shape index (κ3) is 4.20. The van der Waals surface area contributed by atoms with Crippen LogP contribution in [0.1, 0.15) is 40.0 Å². The molecule has 2 N–H and O–H groups in total. The molecule has 0 heterocycles. The highest BCUT2D eigenvalue weighted by Gasteiger charge is 2.32. The molecule has 0 amide bonds. The van der Waals surface area contributed by atoms with E-state index >= 15 is 0 Å². The fraction of sp³-hybridized carbons (Fsp3) is 0.600. The smallest absolute Gasteiger partial charge is 0.423 e. The van der Waals surface area contributed by atoms with Crippen molar-refractivity contribution < 1.29 is 10.0 Å². The van der Waals surface area contributed by atoms with E-state index in [1.165, 1.54) is 42.6 Å². The van der Waals surface area contributed by atoms with Crippen LogP contribution in [0.5, 0.6) is 0 Å². The summed E-state index contributed by atoms with van der Waals surface area (Å²) in [4.78, 5) is 0. The van der Waals surface area contributed by atoms with Crippen molar-refractivity contribution in [3.63, 3.8) is 0 Å². The van der Waals surface area contributed by atoms with Crippen molar-refractivity contribution in [3.05, 3.63) is 24.3 Å². The summed E-state index contributed by atoms with van der Waals surface area (Å²) in [5.74, 6) is 0. The summed E-state index contributed by atoms with van der Waals surface area (Å²) in [5.41, 5.74) is 0.594. The van der Waals surface area contributed by atoms with Crippen LogP contribution in [-0.2, 0) is 0 Å². The average Bonchev–Trinajstić information content (AvgIpc) is 2.39. The van der Waals surface area contributed by atoms with Crippen molar-refractivity contribution in [2.75, 3.05) is 0 Å². The second-order valence-corrected chi connectivity index (χ2v) is 10.2. The van der Waals surface area contributed by atoms with Crippen LogP contribution in [0.15, 0.2) is 24.3 Å². The van der Waals surface area contributed by atoms with Gasteiger partial charge in [0.15, 0.2) is 0 Å². The van der Waals surface area contributed by atoms with E-state index in [1.807, 2.05) is 12.1 Å². The van der Waals surface area contributed by atoms with Gasteiger partial charge in [0.25, 0.3) is 0 Å². The van der Waals surface area contributed by atoms with Gasteiger partial charge in [0.2, 0.25) is 0 Å². The van der Waals surface area contributed by atoms with Gasteiger partial charge in [0, 0.05) is 0 Å². The Labute approximate surface area is 119 Å². The van der Waals surface area contributed by atoms with E-state index in [9.17, 15) is 10.0 Å². The lowest BCUT2D eigenvalue weighted by molar-refractivity contribution is 0.426. The zero-order valence-electron chi connectivity index (χ0n) is 12.5. The van der Waals surface area contributed by atoms with Gasteiger partial charge in [0.05, 0.1) is 8.07 Å². The number of benzene rings is 1. The van der Waals surface area contributed by atoms with Crippen molar-refractivity contribution in [2.45, 2.75) is 58.2 Å². The Morgan fingerprint density at radius 3 is 1.58 bits per heavy atom. The van der Waals surface area contributed by atoms with Gasteiger partial charge in [-0.25, -0.2) is 0 Å². The van der Waals surface area contributed by atoms with E-state index < -0.39 is 15.2 Å². The predicted molar refractivity (Wildman–Crippen MR) is 86.9 cm³/mol. The Kier molecular flexibility index (Phi) is 6.83. The van der Waals surface area contributed by atoms with E-state index in [2.05, 4.69) is 32.9 Å². The van der Waals surface area contributed by atoms with E-state index in [0.717, 1.165) is 0 Å². The Balaban J connectivity index is 3.07. The molecule has 1 rings (SSSR count). The molecule has 106 valence electrons. The molecule has 0 radical (unpaired) electrons. The van der Waals surface area contributed by atoms with E-state index in [-0.39, 0.29) is 0 Å². The fourth-order valence-electron chi connectivity index (χ4n) is 3.25. The molecule has 0 aromatic heterocycles. The lowest BCUT2D eigenvalue weighted by atomic mass is 9.81. The lowest BCUT2D eigenvalue weighted by Gasteiger charge is -2.32. The van der Waals surface area contributed by atoms with E-state index in [4.69, 9.17) is 0 Å². The van der Waals surface area contributed by atoms with Crippen LogP contribution in [0.3, 0.4) is 0 Å². The van der Waals surface area contributed by atoms with Gasteiger partial charge in [-0.05, 0) is 5.46 Å². The van der Waals surface area contributed by atoms with Crippen molar-refractivity contribution in [2.24, 2.45) is 0 Å². The molecule has 0 unspecified atom stereocenters. The normalized spacial score (nSPS) is 11.6. The molecule has 0 atom stereocenters. The van der Waals surface area contributed by atoms with E-state index in [1.54, 1.807) is 0 Å². The van der Waals surface area contributed by atoms with Crippen LogP contribution in [0.4, 0.5) is 0 Å². The molecule has 1 aromatic rings. The first-order chi connectivity index (χ1) is 9.09. The molecule has 2 nitrogen and oxygen atoms in total. The van der Waals surface area contributed by atoms with Crippen LogP contribution in [0.25, 0.3) is 0 Å². The summed E-state index contributed by atoms with van der Waals surface area (Å²) in [6.45, 7) is 6.83. The van der Waals surface area contributed by atoms with E-state index in [0.29, 0.717) is 5.46 Å². The van der Waals surface area contributed by atoms with Crippen LogP contribution in [0.2, 0.25) is 18.1 Å². The molecule has 0 aliphatic heterocycles. The number of hydrogen-bond donors (Lipinski definition) is 2. The SMILES string of the molecule is CCC[Si](CCC)(CCC)c1ccc(B(O)O)cc1. The Bertz CT molecular complexity index is 348. The van der Waals surface area contributed by atoms with Gasteiger partial charge in [-0.2, -0.15) is 0 Å². The van der Waals surface area contributed by atoms with Gasteiger partial charge >= 0.3 is 7.12 Å². The van der Waals surface area contributed by atoms with Crippen molar-refractivity contribution in [1.82, 2.24) is 0 Å². The lowest BCUT2D eigenvalue weighted by Crippen LogP contribution is -2.48. The van der Waals surface area contributed by atoms with Crippen molar-refractivity contribution in [1.29, 1.82) is 0 Å². The fourth-order valence-corrected chi connectivity index (χ4v) is 8.61. The minimum Gasteiger partial charge on any atom is -0.423 e. The standard InChI is InChI=1S/C15H27BO2Si/c1-4-11-19(12-5-2,13-6-3)15-9-7-14(8-10-15)16(17)18/h7-10,17-18H,4-6,11-13H2,1-3H3. The first kappa shape index (κ1) is 16.5. The summed E-state index contributed by atoms with van der Waals surface area (Å²) in [7, 11) is -2.75. The quantitative estimate of drug-likeness (QED) is 0.716. The van der Waals surface area contributed by atoms with Crippen molar-refractivity contribution in [3.8, 4) is 0 Å². The predicted octanol–water partition coefficient (Wildman–Crippen LogP) is 2.25. The van der Waals surface area contributed by atoms with Gasteiger partial charge < -0.3 is 10.0 Å². The molecule has 1 aromatic carbocycles. The maximum Gasteiger partial charge on any atom is 0.488 e. The van der Waals surface area contributed by atoms with Gasteiger partial charge in [-0.3, -0.25) is 0 Å². The largest absolute Gasteiger partial charge is 0.488 e. The third-order valence-electron chi connectivity index (χ3n) is 4.01. The number of rotatable bonds is 8. The Morgan fingerprint density at radius 1 is 0.842 bits per heavy atom. The second-order valence-electron chi connectivity index (χ2n) is 5.53. The highest BCUT2D eigenvalue weighted by Crippen LogP contribution is 2.25. The highest BCUT2D eigenvalue weighted by molar-refractivity contribution is 6.92. The molecular formula is C15H27BO2Si. The zero-order valence-corrected chi connectivity index (χ0v) is 13.5. The maximum absolute atomic E-state index is 9.19. The molecule has 0 saturated carbocycles. The molecule has 0 fully saturated rings. The summed E-state index contributed by atoms with van der Waals surface area (Å²) in [6, 6.07) is 12.1.